The van der Waals surface area contributed by atoms with Gasteiger partial charge in [0.05, 0.1) is 6.61 Å². The van der Waals surface area contributed by atoms with Crippen molar-refractivity contribution < 1.29 is 9.53 Å². The van der Waals surface area contributed by atoms with Gasteiger partial charge in [-0.15, -0.1) is 0 Å². The first kappa shape index (κ1) is 18.6. The maximum atomic E-state index is 12.7. The molecule has 2 amide bonds. The highest BCUT2D eigenvalue weighted by Crippen LogP contribution is 2.29. The van der Waals surface area contributed by atoms with E-state index < -0.39 is 0 Å². The van der Waals surface area contributed by atoms with Crippen molar-refractivity contribution in [3.63, 3.8) is 0 Å². The topological polar surface area (TPSA) is 67.7 Å². The van der Waals surface area contributed by atoms with Crippen molar-refractivity contribution in [1.29, 1.82) is 0 Å². The van der Waals surface area contributed by atoms with Crippen LogP contribution < -0.4 is 15.4 Å². The second-order valence-corrected chi connectivity index (χ2v) is 6.64. The third-order valence-electron chi connectivity index (χ3n) is 4.51. The van der Waals surface area contributed by atoms with E-state index in [-0.39, 0.29) is 6.03 Å². The number of rotatable bonds is 5. The number of fused-ring (bicyclic) bond motifs is 1. The standard InChI is InChI=1S/C23H22N4O2/c1-3-29-19-13-11-18(12-14-19)24-23(28)26-22-21(17-9-7-16(2)8-10-17)25-20-6-4-5-15-27(20)22/h4-15H,3H2,1-2H3,(H2,24,26,28). The molecule has 0 aliphatic carbocycles. The molecule has 0 spiro atoms. The van der Waals surface area contributed by atoms with E-state index in [0.29, 0.717) is 18.1 Å². The molecule has 4 rings (SSSR count). The van der Waals surface area contributed by atoms with Crippen LogP contribution in [0.5, 0.6) is 5.75 Å². The molecule has 4 aromatic rings. The van der Waals surface area contributed by atoms with Gasteiger partial charge in [-0.05, 0) is 50.2 Å². The Bertz CT molecular complexity index is 1130. The van der Waals surface area contributed by atoms with E-state index in [2.05, 4.69) is 10.6 Å². The molecule has 0 unspecified atom stereocenters. The third-order valence-corrected chi connectivity index (χ3v) is 4.51. The Morgan fingerprint density at radius 2 is 1.76 bits per heavy atom. The Kier molecular flexibility index (Phi) is 5.16. The second-order valence-electron chi connectivity index (χ2n) is 6.64. The van der Waals surface area contributed by atoms with Gasteiger partial charge in [0.15, 0.2) is 0 Å². The van der Waals surface area contributed by atoms with E-state index >= 15 is 0 Å². The van der Waals surface area contributed by atoms with Crippen LogP contribution in [0.3, 0.4) is 0 Å². The minimum Gasteiger partial charge on any atom is -0.494 e. The van der Waals surface area contributed by atoms with Gasteiger partial charge in [-0.3, -0.25) is 9.72 Å². The Balaban J connectivity index is 1.61. The highest BCUT2D eigenvalue weighted by Gasteiger charge is 2.16. The zero-order chi connectivity index (χ0) is 20.2. The predicted octanol–water partition coefficient (Wildman–Crippen LogP) is 5.35. The van der Waals surface area contributed by atoms with Gasteiger partial charge in [0, 0.05) is 17.4 Å². The highest BCUT2D eigenvalue weighted by atomic mass is 16.5. The Hall–Kier alpha value is -3.80. The minimum absolute atomic E-state index is 0.340. The number of hydrogen-bond acceptors (Lipinski definition) is 3. The van der Waals surface area contributed by atoms with Gasteiger partial charge in [-0.25, -0.2) is 9.78 Å². The number of amides is 2. The molecule has 0 atom stereocenters. The van der Waals surface area contributed by atoms with Gasteiger partial charge in [0.2, 0.25) is 0 Å². The van der Waals surface area contributed by atoms with Crippen LogP contribution in [0, 0.1) is 6.92 Å². The third kappa shape index (κ3) is 4.06. The zero-order valence-electron chi connectivity index (χ0n) is 16.3. The maximum absolute atomic E-state index is 12.7. The van der Waals surface area contributed by atoms with Crippen molar-refractivity contribution in [3.8, 4) is 17.0 Å². The Labute approximate surface area is 169 Å². The summed E-state index contributed by atoms with van der Waals surface area (Å²) in [5, 5.41) is 5.81. The average Bonchev–Trinajstić information content (AvgIpc) is 3.09. The first-order valence-corrected chi connectivity index (χ1v) is 9.49. The van der Waals surface area contributed by atoms with Gasteiger partial charge in [-0.1, -0.05) is 35.9 Å². The summed E-state index contributed by atoms with van der Waals surface area (Å²) in [6, 6.07) is 20.7. The quantitative estimate of drug-likeness (QED) is 0.486. The van der Waals surface area contributed by atoms with Crippen LogP contribution in [0.1, 0.15) is 12.5 Å². The van der Waals surface area contributed by atoms with Crippen molar-refractivity contribution in [1.82, 2.24) is 9.38 Å². The number of anilines is 2. The number of imidazole rings is 1. The van der Waals surface area contributed by atoms with Crippen LogP contribution in [0.15, 0.2) is 72.9 Å². The minimum atomic E-state index is -0.340. The molecule has 6 heteroatoms. The Morgan fingerprint density at radius 1 is 1.00 bits per heavy atom. The number of urea groups is 1. The van der Waals surface area contributed by atoms with E-state index in [1.807, 2.05) is 79.0 Å². The molecule has 2 N–H and O–H groups in total. The molecule has 146 valence electrons. The molecule has 0 radical (unpaired) electrons. The number of carbonyl (C=O) groups excluding carboxylic acids is 1. The van der Waals surface area contributed by atoms with E-state index in [4.69, 9.17) is 9.72 Å². The van der Waals surface area contributed by atoms with Crippen LogP contribution in [-0.2, 0) is 0 Å². The SMILES string of the molecule is CCOc1ccc(NC(=O)Nc2c(-c3ccc(C)cc3)nc3ccccn23)cc1. The van der Waals surface area contributed by atoms with Crippen LogP contribution in [-0.4, -0.2) is 22.0 Å². The molecule has 6 nitrogen and oxygen atoms in total. The lowest BCUT2D eigenvalue weighted by atomic mass is 10.1. The summed E-state index contributed by atoms with van der Waals surface area (Å²) in [4.78, 5) is 17.4. The normalized spacial score (nSPS) is 10.7. The van der Waals surface area contributed by atoms with Crippen LogP contribution in [0.2, 0.25) is 0 Å². The summed E-state index contributed by atoms with van der Waals surface area (Å²) in [6.45, 7) is 4.57. The van der Waals surface area contributed by atoms with Gasteiger partial charge in [-0.2, -0.15) is 0 Å². The summed E-state index contributed by atoms with van der Waals surface area (Å²) in [7, 11) is 0. The van der Waals surface area contributed by atoms with E-state index in [1.54, 1.807) is 12.1 Å². The van der Waals surface area contributed by atoms with Crippen LogP contribution >= 0.6 is 0 Å². The Morgan fingerprint density at radius 3 is 2.48 bits per heavy atom. The fourth-order valence-electron chi connectivity index (χ4n) is 3.10. The van der Waals surface area contributed by atoms with E-state index in [0.717, 1.165) is 22.7 Å². The largest absolute Gasteiger partial charge is 0.494 e. The molecule has 0 aliphatic heterocycles. The zero-order valence-corrected chi connectivity index (χ0v) is 16.3. The second kappa shape index (κ2) is 8.06. The summed E-state index contributed by atoms with van der Waals surface area (Å²) >= 11 is 0. The van der Waals surface area contributed by atoms with Gasteiger partial charge in [0.1, 0.15) is 22.9 Å². The number of nitrogens with zero attached hydrogens (tertiary/aromatic N) is 2. The molecule has 29 heavy (non-hydrogen) atoms. The van der Waals surface area contributed by atoms with E-state index in [1.165, 1.54) is 5.56 Å². The number of benzene rings is 2. The number of nitrogens with one attached hydrogen (secondary N) is 2. The molecular weight excluding hydrogens is 364 g/mol. The van der Waals surface area contributed by atoms with Crippen molar-refractivity contribution in [2.24, 2.45) is 0 Å². The summed E-state index contributed by atoms with van der Waals surface area (Å²) < 4.78 is 7.30. The van der Waals surface area contributed by atoms with E-state index in [9.17, 15) is 4.79 Å². The maximum Gasteiger partial charge on any atom is 0.324 e. The predicted molar refractivity (Wildman–Crippen MR) is 116 cm³/mol. The number of carbonyl (C=O) groups is 1. The molecule has 0 fully saturated rings. The molecule has 0 saturated heterocycles. The van der Waals surface area contributed by atoms with Crippen molar-refractivity contribution in [2.45, 2.75) is 13.8 Å². The molecule has 0 saturated carbocycles. The van der Waals surface area contributed by atoms with Crippen molar-refractivity contribution >= 4 is 23.2 Å². The fourth-order valence-corrected chi connectivity index (χ4v) is 3.10. The van der Waals surface area contributed by atoms with Gasteiger partial charge < -0.3 is 10.1 Å². The molecule has 0 aliphatic rings. The van der Waals surface area contributed by atoms with Crippen molar-refractivity contribution in [2.75, 3.05) is 17.2 Å². The lowest BCUT2D eigenvalue weighted by Gasteiger charge is -2.10. The summed E-state index contributed by atoms with van der Waals surface area (Å²) in [5.74, 6) is 1.38. The monoisotopic (exact) mass is 386 g/mol. The van der Waals surface area contributed by atoms with Crippen LogP contribution in [0.4, 0.5) is 16.3 Å². The number of pyridine rings is 1. The average molecular weight is 386 g/mol. The number of aromatic nitrogens is 2. The molecular formula is C23H22N4O2. The number of ether oxygens (including phenoxy) is 1. The molecule has 2 aromatic heterocycles. The number of hydrogen-bond donors (Lipinski definition) is 2. The van der Waals surface area contributed by atoms with Gasteiger partial charge in [0.25, 0.3) is 0 Å². The molecule has 0 bridgehead atoms. The summed E-state index contributed by atoms with van der Waals surface area (Å²) in [5.41, 5.74) is 4.27. The first-order chi connectivity index (χ1) is 14.1. The lowest BCUT2D eigenvalue weighted by Crippen LogP contribution is -2.20. The lowest BCUT2D eigenvalue weighted by molar-refractivity contribution is 0.262. The van der Waals surface area contributed by atoms with Crippen LogP contribution in [0.25, 0.3) is 16.9 Å². The fraction of sp³-hybridized carbons (Fsp3) is 0.130. The van der Waals surface area contributed by atoms with Crippen molar-refractivity contribution in [3.05, 3.63) is 78.5 Å². The summed E-state index contributed by atoms with van der Waals surface area (Å²) in [6.07, 6.45) is 1.88. The first-order valence-electron chi connectivity index (χ1n) is 9.49. The molecule has 2 aromatic carbocycles. The highest BCUT2D eigenvalue weighted by molar-refractivity contribution is 6.01. The van der Waals surface area contributed by atoms with Gasteiger partial charge >= 0.3 is 6.03 Å². The molecule has 2 heterocycles. The number of aryl methyl sites for hydroxylation is 1. The smallest absolute Gasteiger partial charge is 0.324 e.